The van der Waals surface area contributed by atoms with Gasteiger partial charge in [0.15, 0.2) is 6.61 Å². The summed E-state index contributed by atoms with van der Waals surface area (Å²) in [4.78, 5) is 35.2. The van der Waals surface area contributed by atoms with E-state index in [0.29, 0.717) is 12.5 Å². The van der Waals surface area contributed by atoms with Gasteiger partial charge in [0.2, 0.25) is 0 Å². The van der Waals surface area contributed by atoms with Crippen molar-refractivity contribution in [3.8, 4) is 5.75 Å². The lowest BCUT2D eigenvalue weighted by Crippen LogP contribution is -2.42. The summed E-state index contributed by atoms with van der Waals surface area (Å²) in [6.07, 6.45) is 0.786. The second-order valence-electron chi connectivity index (χ2n) is 5.64. The molecule has 1 aromatic carbocycles. The van der Waals surface area contributed by atoms with E-state index in [1.165, 1.54) is 19.2 Å². The summed E-state index contributed by atoms with van der Waals surface area (Å²) in [5.41, 5.74) is 5.89. The molecule has 1 rings (SSSR count). The molecule has 138 valence electrons. The summed E-state index contributed by atoms with van der Waals surface area (Å²) < 4.78 is 9.89. The number of hydrogen-bond donors (Lipinski definition) is 3. The van der Waals surface area contributed by atoms with Gasteiger partial charge in [-0.2, -0.15) is 0 Å². The van der Waals surface area contributed by atoms with Crippen LogP contribution in [0.15, 0.2) is 12.1 Å². The molecular weight excluding hydrogens is 350 g/mol. The minimum atomic E-state index is -0.825. The highest BCUT2D eigenvalue weighted by Crippen LogP contribution is 2.29. The zero-order chi connectivity index (χ0) is 19.0. The summed E-state index contributed by atoms with van der Waals surface area (Å²) >= 11 is 5.87. The fourth-order valence-corrected chi connectivity index (χ4v) is 1.95. The van der Waals surface area contributed by atoms with E-state index in [-0.39, 0.29) is 22.0 Å². The minimum absolute atomic E-state index is 0.0240. The summed E-state index contributed by atoms with van der Waals surface area (Å²) in [6.45, 7) is 3.85. The van der Waals surface area contributed by atoms with Gasteiger partial charge < -0.3 is 20.5 Å². The number of methoxy groups -OCH3 is 1. The Morgan fingerprint density at radius 3 is 2.56 bits per heavy atom. The molecule has 0 bridgehead atoms. The maximum Gasteiger partial charge on any atom is 0.342 e. The van der Waals surface area contributed by atoms with Gasteiger partial charge in [-0.1, -0.05) is 25.4 Å². The first-order valence-electron chi connectivity index (χ1n) is 7.62. The van der Waals surface area contributed by atoms with Crippen LogP contribution in [0.1, 0.15) is 30.6 Å². The van der Waals surface area contributed by atoms with Crippen LogP contribution in [0.25, 0.3) is 0 Å². The Balaban J connectivity index is 2.52. The van der Waals surface area contributed by atoms with Gasteiger partial charge in [0.25, 0.3) is 5.91 Å². The molecule has 0 aliphatic carbocycles. The van der Waals surface area contributed by atoms with E-state index >= 15 is 0 Å². The third-order valence-electron chi connectivity index (χ3n) is 3.13. The summed E-state index contributed by atoms with van der Waals surface area (Å²) in [5.74, 6) is -0.984. The number of anilines is 1. The first-order chi connectivity index (χ1) is 11.7. The highest BCUT2D eigenvalue weighted by Gasteiger charge is 2.18. The lowest BCUT2D eigenvalue weighted by Gasteiger charge is -2.11. The molecule has 0 heterocycles. The molecule has 0 saturated heterocycles. The van der Waals surface area contributed by atoms with Gasteiger partial charge in [-0.15, -0.1) is 0 Å². The van der Waals surface area contributed by atoms with Crippen molar-refractivity contribution in [2.45, 2.75) is 20.3 Å². The van der Waals surface area contributed by atoms with Crippen molar-refractivity contribution < 1.29 is 23.9 Å². The zero-order valence-electron chi connectivity index (χ0n) is 14.3. The van der Waals surface area contributed by atoms with Crippen LogP contribution >= 0.6 is 11.6 Å². The number of nitrogen functional groups attached to an aromatic ring is 1. The van der Waals surface area contributed by atoms with Crippen molar-refractivity contribution in [3.63, 3.8) is 0 Å². The van der Waals surface area contributed by atoms with Crippen LogP contribution in [-0.4, -0.2) is 38.2 Å². The van der Waals surface area contributed by atoms with E-state index in [9.17, 15) is 14.4 Å². The Hall–Kier alpha value is -2.48. The molecule has 0 fully saturated rings. The number of nitrogens with one attached hydrogen (secondary N) is 2. The van der Waals surface area contributed by atoms with Crippen molar-refractivity contribution >= 4 is 35.2 Å². The second-order valence-corrected chi connectivity index (χ2v) is 6.04. The van der Waals surface area contributed by atoms with E-state index in [1.54, 1.807) is 0 Å². The molecule has 1 aromatic rings. The van der Waals surface area contributed by atoms with Crippen LogP contribution in [0.3, 0.4) is 0 Å². The number of hydrogen-bond acceptors (Lipinski definition) is 6. The molecule has 0 atom stereocenters. The average molecular weight is 372 g/mol. The molecule has 0 unspecified atom stereocenters. The van der Waals surface area contributed by atoms with Crippen LogP contribution in [-0.2, 0) is 9.53 Å². The highest BCUT2D eigenvalue weighted by atomic mass is 35.5. The number of rotatable bonds is 7. The summed E-state index contributed by atoms with van der Waals surface area (Å²) in [6, 6.07) is 2.02. The standard InChI is InChI=1S/C16H22ClN3O5/c1-9(2)4-5-19-16(23)20-14(21)8-25-15(22)10-6-11(17)12(18)7-13(10)24-3/h6-7,9H,4-5,8,18H2,1-3H3,(H2,19,20,21,23). The number of halogens is 1. The molecule has 4 N–H and O–H groups in total. The van der Waals surface area contributed by atoms with Crippen LogP contribution in [0.5, 0.6) is 5.75 Å². The quantitative estimate of drug-likeness (QED) is 0.497. The maximum atomic E-state index is 12.0. The van der Waals surface area contributed by atoms with Gasteiger partial charge in [0.1, 0.15) is 11.3 Å². The maximum absolute atomic E-state index is 12.0. The predicted octanol–water partition coefficient (Wildman–Crippen LogP) is 1.96. The van der Waals surface area contributed by atoms with Gasteiger partial charge >= 0.3 is 12.0 Å². The fraction of sp³-hybridized carbons (Fsp3) is 0.438. The Labute approximate surface area is 151 Å². The van der Waals surface area contributed by atoms with E-state index in [0.717, 1.165) is 6.42 Å². The normalized spacial score (nSPS) is 10.3. The molecule has 0 aliphatic rings. The monoisotopic (exact) mass is 371 g/mol. The first kappa shape index (κ1) is 20.6. The Kier molecular flexibility index (Phi) is 8.00. The van der Waals surface area contributed by atoms with Gasteiger partial charge in [-0.05, 0) is 18.4 Å². The number of carbonyl (C=O) groups excluding carboxylic acids is 3. The van der Waals surface area contributed by atoms with Crippen molar-refractivity contribution in [3.05, 3.63) is 22.7 Å². The zero-order valence-corrected chi connectivity index (χ0v) is 15.1. The second kappa shape index (κ2) is 9.73. The molecule has 9 heteroatoms. The molecule has 25 heavy (non-hydrogen) atoms. The average Bonchev–Trinajstić information content (AvgIpc) is 2.54. The van der Waals surface area contributed by atoms with Crippen LogP contribution in [0.4, 0.5) is 10.5 Å². The molecule has 0 spiro atoms. The van der Waals surface area contributed by atoms with E-state index in [2.05, 4.69) is 10.6 Å². The van der Waals surface area contributed by atoms with E-state index < -0.39 is 24.5 Å². The first-order valence-corrected chi connectivity index (χ1v) is 8.00. The molecule has 0 radical (unpaired) electrons. The molecule has 0 saturated carbocycles. The molecule has 0 aromatic heterocycles. The lowest BCUT2D eigenvalue weighted by molar-refractivity contribution is -0.123. The number of carbonyl (C=O) groups is 3. The largest absolute Gasteiger partial charge is 0.496 e. The van der Waals surface area contributed by atoms with Crippen molar-refractivity contribution in [2.24, 2.45) is 5.92 Å². The predicted molar refractivity (Wildman–Crippen MR) is 93.7 cm³/mol. The highest BCUT2D eigenvalue weighted by molar-refractivity contribution is 6.33. The molecule has 3 amide bonds. The van der Waals surface area contributed by atoms with Crippen LogP contribution in [0.2, 0.25) is 5.02 Å². The third kappa shape index (κ3) is 6.88. The Bertz CT molecular complexity index is 649. The Morgan fingerprint density at radius 2 is 1.96 bits per heavy atom. The SMILES string of the molecule is COc1cc(N)c(Cl)cc1C(=O)OCC(=O)NC(=O)NCCC(C)C. The fourth-order valence-electron chi connectivity index (χ4n) is 1.79. The topological polar surface area (TPSA) is 120 Å². The van der Waals surface area contributed by atoms with Gasteiger partial charge in [0.05, 0.1) is 17.8 Å². The van der Waals surface area contributed by atoms with Gasteiger partial charge in [-0.3, -0.25) is 10.1 Å². The number of ether oxygens (including phenoxy) is 2. The van der Waals surface area contributed by atoms with Gasteiger partial charge in [-0.25, -0.2) is 9.59 Å². The van der Waals surface area contributed by atoms with Crippen LogP contribution < -0.4 is 21.1 Å². The summed E-state index contributed by atoms with van der Waals surface area (Å²) in [5, 5.41) is 4.75. The summed E-state index contributed by atoms with van der Waals surface area (Å²) in [7, 11) is 1.35. The minimum Gasteiger partial charge on any atom is -0.496 e. The van der Waals surface area contributed by atoms with Crippen LogP contribution in [0, 0.1) is 5.92 Å². The molecule has 8 nitrogen and oxygen atoms in total. The number of benzene rings is 1. The van der Waals surface area contributed by atoms with Gasteiger partial charge in [0, 0.05) is 12.6 Å². The number of urea groups is 1. The van der Waals surface area contributed by atoms with Crippen molar-refractivity contribution in [1.82, 2.24) is 10.6 Å². The smallest absolute Gasteiger partial charge is 0.342 e. The number of imide groups is 1. The number of nitrogens with two attached hydrogens (primary N) is 1. The van der Waals surface area contributed by atoms with E-state index in [1.807, 2.05) is 13.8 Å². The molecular formula is C16H22ClN3O5. The number of amides is 3. The van der Waals surface area contributed by atoms with Crippen molar-refractivity contribution in [2.75, 3.05) is 26.0 Å². The third-order valence-corrected chi connectivity index (χ3v) is 3.46. The molecule has 0 aliphatic heterocycles. The van der Waals surface area contributed by atoms with E-state index in [4.69, 9.17) is 26.8 Å². The van der Waals surface area contributed by atoms with Crippen molar-refractivity contribution in [1.29, 1.82) is 0 Å². The number of esters is 1. The lowest BCUT2D eigenvalue weighted by atomic mass is 10.1. The Morgan fingerprint density at radius 1 is 1.28 bits per heavy atom.